The van der Waals surface area contributed by atoms with Gasteiger partial charge in [-0.1, -0.05) is 39.1 Å². The van der Waals surface area contributed by atoms with Crippen molar-refractivity contribution in [3.63, 3.8) is 0 Å². The number of hydrogen-bond donors (Lipinski definition) is 1. The first-order valence-electron chi connectivity index (χ1n) is 7.08. The van der Waals surface area contributed by atoms with Crippen LogP contribution >= 0.6 is 66.6 Å². The van der Waals surface area contributed by atoms with Crippen LogP contribution in [0.3, 0.4) is 0 Å². The highest BCUT2D eigenvalue weighted by Gasteiger charge is 2.40. The van der Waals surface area contributed by atoms with E-state index in [1.165, 1.54) is 16.8 Å². The summed E-state index contributed by atoms with van der Waals surface area (Å²) in [6, 6.07) is 2.95. The van der Waals surface area contributed by atoms with E-state index in [9.17, 15) is 16.4 Å². The van der Waals surface area contributed by atoms with Crippen molar-refractivity contribution >= 4 is 72.3 Å². The van der Waals surface area contributed by atoms with Crippen molar-refractivity contribution in [3.8, 4) is 0 Å². The molecule has 1 aromatic carbocycles. The molecule has 0 amide bonds. The predicted molar refractivity (Wildman–Crippen MR) is 113 cm³/mol. The molecule has 0 fully saturated rings. The molecule has 5 nitrogen and oxygen atoms in total. The van der Waals surface area contributed by atoms with Gasteiger partial charge >= 0.3 is 0 Å². The molecule has 0 saturated heterocycles. The Balaban J connectivity index is 2.78. The van der Waals surface area contributed by atoms with Crippen LogP contribution in [0.1, 0.15) is 11.4 Å². The summed E-state index contributed by atoms with van der Waals surface area (Å²) in [5.74, 6) is 0. The normalized spacial score (nSPS) is 15.2. The van der Waals surface area contributed by atoms with Gasteiger partial charge in [0.25, 0.3) is 6.43 Å². The quantitative estimate of drug-likeness (QED) is 0.375. The van der Waals surface area contributed by atoms with Crippen LogP contribution in [0.15, 0.2) is 21.5 Å². The van der Waals surface area contributed by atoms with E-state index >= 15 is 0 Å². The van der Waals surface area contributed by atoms with Crippen LogP contribution in [0.4, 0.5) is 14.5 Å². The zero-order chi connectivity index (χ0) is 19.8. The first-order chi connectivity index (χ1) is 12.0. The first kappa shape index (κ1) is 22.3. The highest BCUT2D eigenvalue weighted by molar-refractivity contribution is 14.2. The van der Waals surface area contributed by atoms with Gasteiger partial charge in [-0.25, -0.2) is 8.78 Å². The summed E-state index contributed by atoms with van der Waals surface area (Å²) in [4.78, 5) is 0.00939. The summed E-state index contributed by atoms with van der Waals surface area (Å²) in [5, 5.41) is 4.31. The molecule has 1 unspecified atom stereocenters. The number of hydrogen-bond acceptors (Lipinski definition) is 4. The third kappa shape index (κ3) is 4.19. The van der Waals surface area contributed by atoms with Crippen LogP contribution in [0.5, 0.6) is 0 Å². The molecule has 1 atom stereocenters. The van der Waals surface area contributed by atoms with Gasteiger partial charge in [0.1, 0.15) is 0 Å². The fourth-order valence-corrected chi connectivity index (χ4v) is 10.5. The molecular weight excluding hydrogens is 590 g/mol. The van der Waals surface area contributed by atoms with E-state index < -0.39 is 40.4 Å². The lowest BCUT2D eigenvalue weighted by Gasteiger charge is -2.40. The van der Waals surface area contributed by atoms with Crippen molar-refractivity contribution in [2.24, 2.45) is 7.05 Å². The van der Waals surface area contributed by atoms with Crippen LogP contribution in [0, 0.1) is 13.8 Å². The molecule has 0 saturated carbocycles. The highest BCUT2D eigenvalue weighted by atomic mass is 127. The van der Waals surface area contributed by atoms with E-state index in [-0.39, 0.29) is 14.9 Å². The average Bonchev–Trinajstić information content (AvgIpc) is 2.76. The fraction of sp³-hybridized carbons (Fsp3) is 0.357. The Morgan fingerprint density at radius 3 is 2.31 bits per heavy atom. The molecule has 2 aromatic rings. The van der Waals surface area contributed by atoms with Gasteiger partial charge in [0, 0.05) is 11.5 Å². The molecule has 1 aromatic heterocycles. The predicted octanol–water partition coefficient (Wildman–Crippen LogP) is 6.66. The van der Waals surface area contributed by atoms with E-state index in [0.29, 0.717) is 21.5 Å². The number of aromatic nitrogens is 2. The highest BCUT2D eigenvalue weighted by Crippen LogP contribution is 2.70. The molecule has 0 aliphatic carbocycles. The second-order valence-electron chi connectivity index (χ2n) is 5.34. The summed E-state index contributed by atoms with van der Waals surface area (Å²) >= 11 is 13.5. The maximum absolute atomic E-state index is 13.4. The van der Waals surface area contributed by atoms with Gasteiger partial charge < -0.3 is 4.55 Å². The molecule has 12 heteroatoms. The number of rotatable bonds is 6. The SMILES string of the molecule is Cc1nn(C)c(C)c1N(CC(F)F)S(O)(I=O)c1c(Cl)cc(Br)cc1Cl. The number of nitrogens with zero attached hydrogens (tertiary/aromatic N) is 3. The standard InChI is InChI=1S/C14H15BrCl2F2IN3O2S/c1-7-13(8(2)22(3)21-7)23(6-12(18)19)26(25,20-24)14-10(16)4-9(15)5-11(14)17/h4-5,12,25H,6H2,1-3H3. The average molecular weight is 605 g/mol. The largest absolute Gasteiger partial charge is 0.319 e. The minimum Gasteiger partial charge on any atom is -0.319 e. The molecule has 0 aliphatic rings. The van der Waals surface area contributed by atoms with E-state index in [4.69, 9.17) is 23.2 Å². The van der Waals surface area contributed by atoms with E-state index in [0.717, 1.165) is 4.31 Å². The van der Waals surface area contributed by atoms with Gasteiger partial charge in [0.05, 0.1) is 46.2 Å². The summed E-state index contributed by atoms with van der Waals surface area (Å²) < 4.78 is 53.4. The summed E-state index contributed by atoms with van der Waals surface area (Å²) in [7, 11) is -1.73. The van der Waals surface area contributed by atoms with E-state index in [1.807, 2.05) is 0 Å². The Bertz CT molecular complexity index is 835. The maximum Gasteiger partial charge on any atom is 0.256 e. The van der Waals surface area contributed by atoms with E-state index in [1.54, 1.807) is 20.9 Å². The topological polar surface area (TPSA) is 58.4 Å². The van der Waals surface area contributed by atoms with Crippen LogP contribution in [-0.2, 0) is 10.1 Å². The number of halogens is 6. The van der Waals surface area contributed by atoms with Gasteiger partial charge in [-0.15, -0.1) is 0 Å². The van der Waals surface area contributed by atoms with Gasteiger partial charge in [-0.3, -0.25) is 12.1 Å². The van der Waals surface area contributed by atoms with Crippen molar-refractivity contribution in [1.29, 1.82) is 0 Å². The molecular formula is C14H15BrCl2F2IN3O2S. The maximum atomic E-state index is 13.4. The van der Waals surface area contributed by atoms with Crippen molar-refractivity contribution in [1.82, 2.24) is 9.78 Å². The molecule has 1 heterocycles. The molecule has 146 valence electrons. The Morgan fingerprint density at radius 1 is 1.38 bits per heavy atom. The monoisotopic (exact) mass is 603 g/mol. The Hall–Kier alpha value is -0.0100. The zero-order valence-corrected chi connectivity index (χ0v) is 19.9. The molecule has 2 rings (SSSR count). The smallest absolute Gasteiger partial charge is 0.256 e. The number of benzene rings is 1. The van der Waals surface area contributed by atoms with Crippen LogP contribution in [0.25, 0.3) is 0 Å². The fourth-order valence-electron chi connectivity index (χ4n) is 2.51. The Morgan fingerprint density at radius 2 is 1.92 bits per heavy atom. The minimum atomic E-state index is -3.38. The lowest BCUT2D eigenvalue weighted by Crippen LogP contribution is -2.31. The summed E-state index contributed by atoms with van der Waals surface area (Å²) in [5.41, 5.74) is 1.28. The Labute approximate surface area is 178 Å². The molecule has 0 bridgehead atoms. The molecule has 1 N–H and O–H groups in total. The zero-order valence-electron chi connectivity index (χ0n) is 13.8. The molecule has 0 spiro atoms. The van der Waals surface area contributed by atoms with Gasteiger partial charge in [0.2, 0.25) is 19.8 Å². The lowest BCUT2D eigenvalue weighted by molar-refractivity contribution is 0.159. The van der Waals surface area contributed by atoms with E-state index in [2.05, 4.69) is 21.0 Å². The molecule has 26 heavy (non-hydrogen) atoms. The third-order valence-electron chi connectivity index (χ3n) is 3.63. The molecule has 0 radical (unpaired) electrons. The Kier molecular flexibility index (Phi) is 7.34. The second-order valence-corrected chi connectivity index (χ2v) is 13.8. The van der Waals surface area contributed by atoms with Gasteiger partial charge in [0.15, 0.2) is 0 Å². The first-order valence-corrected chi connectivity index (χ1v) is 13.6. The summed E-state index contributed by atoms with van der Waals surface area (Å²) in [6.45, 7) is 2.49. The van der Waals surface area contributed by atoms with Crippen molar-refractivity contribution in [2.45, 2.75) is 25.2 Å². The number of anilines is 1. The van der Waals surface area contributed by atoms with Crippen LogP contribution in [-0.4, -0.2) is 27.3 Å². The number of aryl methyl sites for hydroxylation is 2. The summed E-state index contributed by atoms with van der Waals surface area (Å²) in [6.07, 6.45) is -2.78. The third-order valence-corrected chi connectivity index (χ3v) is 11.2. The van der Waals surface area contributed by atoms with Crippen LogP contribution in [0.2, 0.25) is 10.0 Å². The second kappa shape index (κ2) is 8.56. The van der Waals surface area contributed by atoms with Gasteiger partial charge in [-0.05, 0) is 26.0 Å². The number of alkyl halides is 2. The minimum absolute atomic E-state index is 0.00939. The van der Waals surface area contributed by atoms with Crippen molar-refractivity contribution in [2.75, 3.05) is 10.8 Å². The van der Waals surface area contributed by atoms with Crippen molar-refractivity contribution in [3.05, 3.63) is 38.0 Å². The van der Waals surface area contributed by atoms with Gasteiger partial charge in [-0.2, -0.15) is 5.10 Å². The van der Waals surface area contributed by atoms with Crippen LogP contribution < -0.4 is 4.31 Å². The molecule has 0 aliphatic heterocycles. The lowest BCUT2D eigenvalue weighted by atomic mass is 10.3. The van der Waals surface area contributed by atoms with Crippen molar-refractivity contribution < 1.29 is 16.4 Å².